The van der Waals surface area contributed by atoms with Gasteiger partial charge in [0.25, 0.3) is 0 Å². The molecule has 1 heterocycles. The minimum atomic E-state index is -4.47. The lowest BCUT2D eigenvalue weighted by atomic mass is 10.2. The third kappa shape index (κ3) is 5.48. The molecule has 0 amide bonds. The van der Waals surface area contributed by atoms with Crippen LogP contribution in [0.1, 0.15) is 22.5 Å². The first kappa shape index (κ1) is 22.7. The number of benzene rings is 3. The maximum absolute atomic E-state index is 13.2. The molecule has 33 heavy (non-hydrogen) atoms. The van der Waals surface area contributed by atoms with E-state index in [1.807, 2.05) is 61.5 Å². The van der Waals surface area contributed by atoms with E-state index in [1.54, 1.807) is 4.57 Å². The Bertz CT molecular complexity index is 1260. The highest BCUT2D eigenvalue weighted by atomic mass is 32.2. The van der Waals surface area contributed by atoms with E-state index in [2.05, 4.69) is 10.2 Å². The number of para-hydroxylation sites is 1. The molecule has 1 aromatic heterocycles. The minimum absolute atomic E-state index is 0.0507. The Balaban J connectivity index is 1.62. The number of alkyl halides is 3. The second-order valence-electron chi connectivity index (χ2n) is 7.36. The maximum atomic E-state index is 13.2. The summed E-state index contributed by atoms with van der Waals surface area (Å²) in [4.78, 5) is 0. The smallest absolute Gasteiger partial charge is 0.416 e. The molecule has 0 aliphatic carbocycles. The quantitative estimate of drug-likeness (QED) is 0.358. The Morgan fingerprint density at radius 1 is 0.939 bits per heavy atom. The average molecular weight is 472 g/mol. The van der Waals surface area contributed by atoms with Crippen LogP contribution in [-0.2, 0) is 29.3 Å². The molecule has 0 aliphatic heterocycles. The second kappa shape index (κ2) is 9.58. The zero-order chi connectivity index (χ0) is 23.4. The van der Waals surface area contributed by atoms with Crippen LogP contribution in [0.15, 0.2) is 84.0 Å². The van der Waals surface area contributed by atoms with Gasteiger partial charge in [-0.25, -0.2) is 0 Å². The van der Waals surface area contributed by atoms with Crippen molar-refractivity contribution in [1.29, 1.82) is 0 Å². The van der Waals surface area contributed by atoms with Gasteiger partial charge in [0.2, 0.25) is 5.16 Å². The number of halogens is 3. The molecule has 4 rings (SSSR count). The van der Waals surface area contributed by atoms with Crippen LogP contribution in [0.5, 0.6) is 5.75 Å². The standard InChI is InChI=1S/C24H20F3N3O2S/c1-17-10-12-18(13-11-17)16-33(31)23-29-28-22(30(23)20-7-3-2-4-8-20)15-32-21-9-5-6-19(14-21)24(25,26)27/h2-14H,15-16H2,1H3/t33-/m0/s1. The van der Waals surface area contributed by atoms with Crippen molar-refractivity contribution in [3.05, 3.63) is 101 Å². The van der Waals surface area contributed by atoms with E-state index < -0.39 is 22.5 Å². The second-order valence-corrected chi connectivity index (χ2v) is 8.70. The van der Waals surface area contributed by atoms with Crippen LogP contribution >= 0.6 is 0 Å². The zero-order valence-corrected chi connectivity index (χ0v) is 18.4. The van der Waals surface area contributed by atoms with Gasteiger partial charge in [-0.2, -0.15) is 13.2 Å². The lowest BCUT2D eigenvalue weighted by molar-refractivity contribution is -0.137. The number of hydrogen-bond acceptors (Lipinski definition) is 4. The van der Waals surface area contributed by atoms with E-state index in [0.717, 1.165) is 23.3 Å². The predicted octanol–water partition coefficient (Wildman–Crippen LogP) is 5.48. The van der Waals surface area contributed by atoms with Gasteiger partial charge in [0.05, 0.1) is 22.1 Å². The van der Waals surface area contributed by atoms with Crippen molar-refractivity contribution in [2.24, 2.45) is 0 Å². The Labute approximate surface area is 191 Å². The zero-order valence-electron chi connectivity index (χ0n) is 17.6. The fraction of sp³-hybridized carbons (Fsp3) is 0.167. The first-order valence-corrected chi connectivity index (χ1v) is 11.4. The molecular weight excluding hydrogens is 451 g/mol. The molecule has 1 atom stereocenters. The van der Waals surface area contributed by atoms with Crippen LogP contribution in [0, 0.1) is 6.92 Å². The van der Waals surface area contributed by atoms with Crippen molar-refractivity contribution in [1.82, 2.24) is 14.8 Å². The molecule has 0 saturated carbocycles. The summed E-state index contributed by atoms with van der Waals surface area (Å²) in [6, 6.07) is 21.4. The number of ether oxygens (including phenoxy) is 1. The van der Waals surface area contributed by atoms with Crippen molar-refractivity contribution in [3.63, 3.8) is 0 Å². The molecule has 0 spiro atoms. The predicted molar refractivity (Wildman–Crippen MR) is 118 cm³/mol. The third-order valence-corrected chi connectivity index (χ3v) is 6.13. The van der Waals surface area contributed by atoms with E-state index in [-0.39, 0.29) is 23.3 Å². The van der Waals surface area contributed by atoms with Gasteiger partial charge >= 0.3 is 6.18 Å². The Morgan fingerprint density at radius 2 is 1.67 bits per heavy atom. The summed E-state index contributed by atoms with van der Waals surface area (Å²) in [5, 5.41) is 8.50. The van der Waals surface area contributed by atoms with Crippen LogP contribution in [0.4, 0.5) is 13.2 Å². The highest BCUT2D eigenvalue weighted by Gasteiger charge is 2.30. The van der Waals surface area contributed by atoms with Crippen LogP contribution in [-0.4, -0.2) is 19.0 Å². The highest BCUT2D eigenvalue weighted by Crippen LogP contribution is 2.31. The monoisotopic (exact) mass is 471 g/mol. The number of nitrogens with zero attached hydrogens (tertiary/aromatic N) is 3. The summed E-state index contributed by atoms with van der Waals surface area (Å²) in [6.07, 6.45) is -4.47. The Kier molecular flexibility index (Phi) is 6.60. The van der Waals surface area contributed by atoms with Gasteiger partial charge in [0.15, 0.2) is 5.82 Å². The molecule has 0 radical (unpaired) electrons. The summed E-state index contributed by atoms with van der Waals surface area (Å²) < 4.78 is 59.4. The van der Waals surface area contributed by atoms with Gasteiger partial charge < -0.3 is 4.74 Å². The summed E-state index contributed by atoms with van der Waals surface area (Å²) in [7, 11) is -1.51. The molecule has 0 aliphatic rings. The summed E-state index contributed by atoms with van der Waals surface area (Å²) in [6.45, 7) is 1.83. The first-order chi connectivity index (χ1) is 15.8. The number of hydrogen-bond donors (Lipinski definition) is 0. The average Bonchev–Trinajstić information content (AvgIpc) is 3.23. The third-order valence-electron chi connectivity index (χ3n) is 4.87. The molecule has 0 fully saturated rings. The van der Waals surface area contributed by atoms with Crippen molar-refractivity contribution in [3.8, 4) is 11.4 Å². The fourth-order valence-corrected chi connectivity index (χ4v) is 4.36. The Morgan fingerprint density at radius 3 is 2.36 bits per heavy atom. The molecule has 0 bridgehead atoms. The van der Waals surface area contributed by atoms with Gasteiger partial charge in [0.1, 0.15) is 12.4 Å². The minimum Gasteiger partial charge on any atom is -0.486 e. The molecule has 170 valence electrons. The number of rotatable bonds is 7. The summed E-state index contributed by atoms with van der Waals surface area (Å²) in [5.41, 5.74) is 1.87. The molecule has 0 unspecified atom stereocenters. The number of aryl methyl sites for hydroxylation is 1. The van der Waals surface area contributed by atoms with E-state index >= 15 is 0 Å². The van der Waals surface area contributed by atoms with Crippen LogP contribution in [0.25, 0.3) is 5.69 Å². The van der Waals surface area contributed by atoms with Crippen molar-refractivity contribution >= 4 is 10.8 Å². The van der Waals surface area contributed by atoms with E-state index in [0.29, 0.717) is 11.5 Å². The molecular formula is C24H20F3N3O2S. The molecule has 9 heteroatoms. The lowest BCUT2D eigenvalue weighted by Crippen LogP contribution is -2.11. The molecule has 3 aromatic carbocycles. The van der Waals surface area contributed by atoms with Gasteiger partial charge in [0, 0.05) is 5.69 Å². The molecule has 4 aromatic rings. The topological polar surface area (TPSA) is 57.0 Å². The van der Waals surface area contributed by atoms with Crippen molar-refractivity contribution in [2.45, 2.75) is 30.6 Å². The van der Waals surface area contributed by atoms with Crippen LogP contribution < -0.4 is 4.74 Å². The van der Waals surface area contributed by atoms with E-state index in [4.69, 9.17) is 4.74 Å². The Hall–Kier alpha value is -3.46. The molecule has 5 nitrogen and oxygen atoms in total. The van der Waals surface area contributed by atoms with Gasteiger partial charge in [-0.3, -0.25) is 8.78 Å². The molecule has 0 N–H and O–H groups in total. The lowest BCUT2D eigenvalue weighted by Gasteiger charge is -2.12. The summed E-state index contributed by atoms with van der Waals surface area (Å²) in [5.74, 6) is 0.625. The van der Waals surface area contributed by atoms with Crippen molar-refractivity contribution in [2.75, 3.05) is 0 Å². The van der Waals surface area contributed by atoms with E-state index in [9.17, 15) is 17.4 Å². The normalized spacial score (nSPS) is 12.5. The molecule has 0 saturated heterocycles. The number of aromatic nitrogens is 3. The largest absolute Gasteiger partial charge is 0.486 e. The van der Waals surface area contributed by atoms with Crippen LogP contribution in [0.3, 0.4) is 0 Å². The van der Waals surface area contributed by atoms with Gasteiger partial charge in [-0.15, -0.1) is 10.2 Å². The van der Waals surface area contributed by atoms with Gasteiger partial charge in [-0.1, -0.05) is 54.1 Å². The fourth-order valence-electron chi connectivity index (χ4n) is 3.19. The SMILES string of the molecule is Cc1ccc(C[S@](=O)c2nnc(COc3cccc(C(F)(F)F)c3)n2-c2ccccc2)cc1. The summed E-state index contributed by atoms with van der Waals surface area (Å²) >= 11 is 0. The highest BCUT2D eigenvalue weighted by molar-refractivity contribution is 7.84. The van der Waals surface area contributed by atoms with Gasteiger partial charge in [-0.05, 0) is 42.8 Å². The maximum Gasteiger partial charge on any atom is 0.416 e. The van der Waals surface area contributed by atoms with Crippen molar-refractivity contribution < 1.29 is 22.1 Å². The van der Waals surface area contributed by atoms with E-state index in [1.165, 1.54) is 12.1 Å². The van der Waals surface area contributed by atoms with Crippen LogP contribution in [0.2, 0.25) is 0 Å². The first-order valence-electron chi connectivity index (χ1n) is 10.0.